The van der Waals surface area contributed by atoms with Gasteiger partial charge >= 0.3 is 0 Å². The second kappa shape index (κ2) is 5.46. The van der Waals surface area contributed by atoms with E-state index >= 15 is 0 Å². The molecule has 0 fully saturated rings. The van der Waals surface area contributed by atoms with Gasteiger partial charge in [0.1, 0.15) is 0 Å². The summed E-state index contributed by atoms with van der Waals surface area (Å²) in [6.07, 6.45) is 1.48. The summed E-state index contributed by atoms with van der Waals surface area (Å²) >= 11 is 0. The monoisotopic (exact) mass is 292 g/mol. The first kappa shape index (κ1) is 14.3. The van der Waals surface area contributed by atoms with Gasteiger partial charge in [0.05, 0.1) is 4.90 Å². The van der Waals surface area contributed by atoms with Crippen LogP contribution in [-0.2, 0) is 10.0 Å². The zero-order valence-corrected chi connectivity index (χ0v) is 12.3. The molecule has 1 aromatic heterocycles. The fourth-order valence-corrected chi connectivity index (χ4v) is 3.52. The van der Waals surface area contributed by atoms with E-state index in [1.807, 2.05) is 0 Å². The molecule has 0 saturated carbocycles. The van der Waals surface area contributed by atoms with E-state index in [0.717, 1.165) is 5.69 Å². The maximum atomic E-state index is 12.4. The summed E-state index contributed by atoms with van der Waals surface area (Å²) < 4.78 is 27.3. The highest BCUT2D eigenvalue weighted by Crippen LogP contribution is 2.25. The van der Waals surface area contributed by atoms with E-state index in [1.165, 1.54) is 6.20 Å². The van der Waals surface area contributed by atoms with Crippen molar-refractivity contribution >= 4 is 21.5 Å². The number of sulfonamides is 1. The third kappa shape index (κ3) is 2.88. The molecule has 0 atom stereocenters. The molecule has 0 bridgehead atoms. The molecule has 0 amide bonds. The quantitative estimate of drug-likeness (QED) is 0.899. The zero-order chi connectivity index (χ0) is 14.8. The van der Waals surface area contributed by atoms with Crippen LogP contribution in [-0.4, -0.2) is 25.7 Å². The lowest BCUT2D eigenvalue weighted by molar-refractivity contribution is 0.599. The number of rotatable bonds is 4. The smallest absolute Gasteiger partial charge is 0.263 e. The molecule has 1 heterocycles. The van der Waals surface area contributed by atoms with Gasteiger partial charge in [0.15, 0.2) is 5.82 Å². The summed E-state index contributed by atoms with van der Waals surface area (Å²) in [7, 11) is -1.89. The summed E-state index contributed by atoms with van der Waals surface area (Å²) in [5, 5.41) is 10.4. The van der Waals surface area contributed by atoms with E-state index in [4.69, 9.17) is 0 Å². The van der Waals surface area contributed by atoms with E-state index in [9.17, 15) is 8.42 Å². The van der Waals surface area contributed by atoms with Crippen LogP contribution < -0.4 is 10.0 Å². The van der Waals surface area contributed by atoms with Gasteiger partial charge in [0.2, 0.25) is 0 Å². The number of nitrogens with one attached hydrogen (secondary N) is 2. The topological polar surface area (TPSA) is 84.0 Å². The van der Waals surface area contributed by atoms with E-state index in [-0.39, 0.29) is 10.7 Å². The lowest BCUT2D eigenvalue weighted by Crippen LogP contribution is -2.17. The number of aryl methyl sites for hydroxylation is 2. The Morgan fingerprint density at radius 1 is 1.15 bits per heavy atom. The van der Waals surface area contributed by atoms with Crippen molar-refractivity contribution in [1.29, 1.82) is 0 Å². The molecule has 1 aromatic carbocycles. The Morgan fingerprint density at radius 3 is 2.30 bits per heavy atom. The third-order valence-electron chi connectivity index (χ3n) is 2.83. The van der Waals surface area contributed by atoms with Crippen LogP contribution in [0.3, 0.4) is 0 Å². The first-order chi connectivity index (χ1) is 9.44. The van der Waals surface area contributed by atoms with Gasteiger partial charge in [-0.2, -0.15) is 5.10 Å². The van der Waals surface area contributed by atoms with Gasteiger partial charge in [-0.3, -0.25) is 4.72 Å². The number of aromatic nitrogens is 2. The minimum atomic E-state index is -3.68. The first-order valence-corrected chi connectivity index (χ1v) is 7.52. The minimum Gasteiger partial charge on any atom is -0.388 e. The Hall–Kier alpha value is -2.15. The molecule has 0 unspecified atom stereocenters. The Kier molecular flexibility index (Phi) is 3.89. The molecule has 7 heteroatoms. The maximum absolute atomic E-state index is 12.4. The molecule has 0 radical (unpaired) electrons. The van der Waals surface area contributed by atoms with E-state index < -0.39 is 10.0 Å². The molecule has 20 heavy (non-hydrogen) atoms. The number of anilines is 2. The normalized spacial score (nSPS) is 11.2. The molecule has 0 saturated heterocycles. The molecule has 0 spiro atoms. The Bertz CT molecular complexity index is 691. The van der Waals surface area contributed by atoms with Crippen LogP contribution in [0.2, 0.25) is 0 Å². The highest BCUT2D eigenvalue weighted by Gasteiger charge is 2.20. The van der Waals surface area contributed by atoms with Crippen molar-refractivity contribution in [3.8, 4) is 0 Å². The predicted octanol–water partition coefficient (Wildman–Crippen LogP) is 1.94. The van der Waals surface area contributed by atoms with Crippen LogP contribution in [0.4, 0.5) is 11.5 Å². The summed E-state index contributed by atoms with van der Waals surface area (Å²) in [5.74, 6) is 0.198. The fraction of sp³-hybridized carbons (Fsp3) is 0.231. The molecule has 2 rings (SSSR count). The van der Waals surface area contributed by atoms with Crippen LogP contribution in [0.1, 0.15) is 11.1 Å². The standard InChI is InChI=1S/C13H16N4O2S/c1-9-7-11(14-3)8-10(2)13(9)20(18,19)17-12-5-4-6-15-16-12/h4-8,14H,1-3H3,(H,16,17). The highest BCUT2D eigenvalue weighted by molar-refractivity contribution is 7.92. The molecular weight excluding hydrogens is 276 g/mol. The average molecular weight is 292 g/mol. The maximum Gasteiger partial charge on any atom is 0.263 e. The van der Waals surface area contributed by atoms with Crippen molar-refractivity contribution in [2.75, 3.05) is 17.1 Å². The Morgan fingerprint density at radius 2 is 1.80 bits per heavy atom. The molecular formula is C13H16N4O2S. The molecule has 2 aromatic rings. The minimum absolute atomic E-state index is 0.198. The largest absolute Gasteiger partial charge is 0.388 e. The molecule has 0 aliphatic carbocycles. The Balaban J connectivity index is 2.45. The van der Waals surface area contributed by atoms with Crippen LogP contribution in [0.15, 0.2) is 35.4 Å². The molecule has 106 valence electrons. The van der Waals surface area contributed by atoms with Crippen molar-refractivity contribution in [2.45, 2.75) is 18.7 Å². The van der Waals surface area contributed by atoms with Gasteiger partial charge in [-0.1, -0.05) is 0 Å². The molecule has 6 nitrogen and oxygen atoms in total. The summed E-state index contributed by atoms with van der Waals surface area (Å²) in [6.45, 7) is 3.53. The van der Waals surface area contributed by atoms with Gasteiger partial charge in [-0.25, -0.2) is 8.42 Å². The van der Waals surface area contributed by atoms with Crippen LogP contribution in [0, 0.1) is 13.8 Å². The van der Waals surface area contributed by atoms with Gasteiger partial charge in [-0.15, -0.1) is 5.10 Å². The van der Waals surface area contributed by atoms with Crippen LogP contribution >= 0.6 is 0 Å². The number of benzene rings is 1. The van der Waals surface area contributed by atoms with Gasteiger partial charge < -0.3 is 5.32 Å². The number of hydrogen-bond donors (Lipinski definition) is 2. The second-order valence-electron chi connectivity index (χ2n) is 4.40. The average Bonchev–Trinajstić information content (AvgIpc) is 2.37. The Labute approximate surface area is 118 Å². The van der Waals surface area contributed by atoms with Crippen molar-refractivity contribution in [2.24, 2.45) is 0 Å². The molecule has 2 N–H and O–H groups in total. The van der Waals surface area contributed by atoms with E-state index in [2.05, 4.69) is 20.2 Å². The highest BCUT2D eigenvalue weighted by atomic mass is 32.2. The first-order valence-electron chi connectivity index (χ1n) is 6.03. The van der Waals surface area contributed by atoms with Crippen LogP contribution in [0.25, 0.3) is 0 Å². The third-order valence-corrected chi connectivity index (χ3v) is 4.49. The van der Waals surface area contributed by atoms with Gasteiger partial charge in [-0.05, 0) is 49.2 Å². The summed E-state index contributed by atoms with van der Waals surface area (Å²) in [6, 6.07) is 6.75. The zero-order valence-electron chi connectivity index (χ0n) is 11.5. The number of hydrogen-bond acceptors (Lipinski definition) is 5. The fourth-order valence-electron chi connectivity index (χ4n) is 2.06. The van der Waals surface area contributed by atoms with E-state index in [0.29, 0.717) is 11.1 Å². The summed E-state index contributed by atoms with van der Waals surface area (Å²) in [5.41, 5.74) is 2.22. The van der Waals surface area contributed by atoms with Crippen molar-refractivity contribution in [3.63, 3.8) is 0 Å². The molecule has 0 aliphatic heterocycles. The lowest BCUT2D eigenvalue weighted by atomic mass is 10.1. The van der Waals surface area contributed by atoms with Crippen molar-refractivity contribution < 1.29 is 8.42 Å². The second-order valence-corrected chi connectivity index (χ2v) is 6.02. The van der Waals surface area contributed by atoms with E-state index in [1.54, 1.807) is 45.2 Å². The lowest BCUT2D eigenvalue weighted by Gasteiger charge is -2.13. The van der Waals surface area contributed by atoms with Gasteiger partial charge in [0.25, 0.3) is 10.0 Å². The number of nitrogens with zero attached hydrogens (tertiary/aromatic N) is 2. The SMILES string of the molecule is CNc1cc(C)c(S(=O)(=O)Nc2cccnn2)c(C)c1. The van der Waals surface area contributed by atoms with Gasteiger partial charge in [0, 0.05) is 18.9 Å². The molecule has 0 aliphatic rings. The predicted molar refractivity (Wildman–Crippen MR) is 78.3 cm³/mol. The van der Waals surface area contributed by atoms with Crippen molar-refractivity contribution in [3.05, 3.63) is 41.6 Å². The summed E-state index contributed by atoms with van der Waals surface area (Å²) in [4.78, 5) is 0.266. The van der Waals surface area contributed by atoms with Crippen molar-refractivity contribution in [1.82, 2.24) is 10.2 Å². The van der Waals surface area contributed by atoms with Crippen LogP contribution in [0.5, 0.6) is 0 Å².